The Bertz CT molecular complexity index is 410. The molecule has 0 amide bonds. The molecule has 0 spiro atoms. The summed E-state index contributed by atoms with van der Waals surface area (Å²) in [6.07, 6.45) is 1.11. The third-order valence-electron chi connectivity index (χ3n) is 2.78. The van der Waals surface area contributed by atoms with Gasteiger partial charge in [-0.3, -0.25) is 10.1 Å². The van der Waals surface area contributed by atoms with E-state index in [9.17, 15) is 10.1 Å². The van der Waals surface area contributed by atoms with Crippen LogP contribution in [0.4, 0.5) is 11.4 Å². The fraction of sp³-hybridized carbons (Fsp3) is 0.538. The maximum Gasteiger partial charge on any atom is 0.292 e. The number of thioether (sulfide) groups is 1. The first kappa shape index (κ1) is 14.8. The second-order valence-corrected chi connectivity index (χ2v) is 5.56. The predicted molar refractivity (Wildman–Crippen MR) is 78.3 cm³/mol. The van der Waals surface area contributed by atoms with Crippen LogP contribution in [0.3, 0.4) is 0 Å². The fourth-order valence-corrected chi connectivity index (χ4v) is 2.53. The van der Waals surface area contributed by atoms with E-state index in [4.69, 9.17) is 0 Å². The zero-order valence-electron chi connectivity index (χ0n) is 11.1. The number of benzene rings is 1. The van der Waals surface area contributed by atoms with Crippen LogP contribution in [0.2, 0.25) is 0 Å². The predicted octanol–water partition coefficient (Wildman–Crippen LogP) is 4.06. The quantitative estimate of drug-likeness (QED) is 0.598. The smallest absolute Gasteiger partial charge is 0.292 e. The Labute approximate surface area is 112 Å². The van der Waals surface area contributed by atoms with Crippen molar-refractivity contribution in [2.75, 3.05) is 11.9 Å². The molecule has 5 heteroatoms. The zero-order valence-corrected chi connectivity index (χ0v) is 11.9. The summed E-state index contributed by atoms with van der Waals surface area (Å²) in [6, 6.07) is 5.27. The van der Waals surface area contributed by atoms with Crippen molar-refractivity contribution in [3.05, 3.63) is 33.9 Å². The maximum absolute atomic E-state index is 11.0. The van der Waals surface area contributed by atoms with Crippen molar-refractivity contribution in [1.29, 1.82) is 0 Å². The molecule has 0 saturated heterocycles. The second-order valence-electron chi connectivity index (χ2n) is 4.13. The van der Waals surface area contributed by atoms with Gasteiger partial charge in [0.1, 0.15) is 5.69 Å². The minimum Gasteiger partial charge on any atom is -0.380 e. The SMILES string of the molecule is CCNc1c(CSC(C)CC)cccc1[N+](=O)[O-]. The number of nitrogens with one attached hydrogen (secondary N) is 1. The minimum absolute atomic E-state index is 0.166. The molecule has 0 aromatic heterocycles. The van der Waals surface area contributed by atoms with E-state index >= 15 is 0 Å². The summed E-state index contributed by atoms with van der Waals surface area (Å²) >= 11 is 1.83. The molecular weight excluding hydrogens is 248 g/mol. The van der Waals surface area contributed by atoms with Gasteiger partial charge in [0.05, 0.1) is 4.92 Å². The lowest BCUT2D eigenvalue weighted by Crippen LogP contribution is -2.05. The highest BCUT2D eigenvalue weighted by molar-refractivity contribution is 7.99. The van der Waals surface area contributed by atoms with Gasteiger partial charge in [-0.1, -0.05) is 26.0 Å². The summed E-state index contributed by atoms with van der Waals surface area (Å²) in [5, 5.41) is 14.7. The van der Waals surface area contributed by atoms with Crippen molar-refractivity contribution in [2.24, 2.45) is 0 Å². The van der Waals surface area contributed by atoms with Gasteiger partial charge >= 0.3 is 0 Å². The van der Waals surface area contributed by atoms with Gasteiger partial charge in [-0.2, -0.15) is 11.8 Å². The third kappa shape index (κ3) is 3.91. The van der Waals surface area contributed by atoms with E-state index in [0.717, 1.165) is 17.7 Å². The van der Waals surface area contributed by atoms with Crippen LogP contribution in [0.1, 0.15) is 32.8 Å². The van der Waals surface area contributed by atoms with Crippen molar-refractivity contribution in [2.45, 2.75) is 38.2 Å². The van der Waals surface area contributed by atoms with Crippen LogP contribution in [0, 0.1) is 10.1 Å². The lowest BCUT2D eigenvalue weighted by atomic mass is 10.1. The standard InChI is InChI=1S/C13H20N2O2S/c1-4-10(3)18-9-11-7-6-8-12(15(16)17)13(11)14-5-2/h6-8,10,14H,4-5,9H2,1-3H3. The number of nitrogens with zero attached hydrogens (tertiary/aromatic N) is 1. The number of para-hydroxylation sites is 1. The highest BCUT2D eigenvalue weighted by atomic mass is 32.2. The van der Waals surface area contributed by atoms with E-state index in [0.29, 0.717) is 17.5 Å². The number of nitro groups is 1. The van der Waals surface area contributed by atoms with E-state index in [2.05, 4.69) is 19.2 Å². The van der Waals surface area contributed by atoms with Gasteiger partial charge in [0.25, 0.3) is 5.69 Å². The topological polar surface area (TPSA) is 55.2 Å². The molecular formula is C13H20N2O2S. The van der Waals surface area contributed by atoms with Crippen LogP contribution in [0.25, 0.3) is 0 Å². The normalized spacial score (nSPS) is 12.2. The van der Waals surface area contributed by atoms with Crippen LogP contribution in [0.15, 0.2) is 18.2 Å². The molecule has 0 aliphatic heterocycles. The number of anilines is 1. The average Bonchev–Trinajstić information content (AvgIpc) is 2.36. The summed E-state index contributed by atoms with van der Waals surface area (Å²) in [4.78, 5) is 10.7. The van der Waals surface area contributed by atoms with Crippen LogP contribution < -0.4 is 5.32 Å². The summed E-state index contributed by atoms with van der Waals surface area (Å²) in [5.74, 6) is 0.805. The molecule has 100 valence electrons. The largest absolute Gasteiger partial charge is 0.380 e. The lowest BCUT2D eigenvalue weighted by molar-refractivity contribution is -0.384. The Kier molecular flexibility index (Phi) is 5.98. The molecule has 4 nitrogen and oxygen atoms in total. The van der Waals surface area contributed by atoms with Crippen LogP contribution >= 0.6 is 11.8 Å². The Morgan fingerprint density at radius 2 is 2.17 bits per heavy atom. The molecule has 1 atom stereocenters. The van der Waals surface area contributed by atoms with E-state index in [1.165, 1.54) is 0 Å². The first-order valence-electron chi connectivity index (χ1n) is 6.21. The summed E-state index contributed by atoms with van der Waals surface area (Å²) in [6.45, 7) is 6.96. The van der Waals surface area contributed by atoms with Crippen LogP contribution in [0.5, 0.6) is 0 Å². The molecule has 0 saturated carbocycles. The molecule has 1 rings (SSSR count). The van der Waals surface area contributed by atoms with E-state index in [1.807, 2.05) is 24.8 Å². The van der Waals surface area contributed by atoms with Crippen molar-refractivity contribution < 1.29 is 4.92 Å². The molecule has 1 aromatic carbocycles. The van der Waals surface area contributed by atoms with Gasteiger partial charge in [0.2, 0.25) is 0 Å². The third-order valence-corrected chi connectivity index (χ3v) is 4.16. The van der Waals surface area contributed by atoms with Gasteiger partial charge in [-0.05, 0) is 18.9 Å². The van der Waals surface area contributed by atoms with Crippen molar-refractivity contribution in [3.63, 3.8) is 0 Å². The van der Waals surface area contributed by atoms with Gasteiger partial charge < -0.3 is 5.32 Å². The number of rotatable bonds is 7. The number of hydrogen-bond acceptors (Lipinski definition) is 4. The molecule has 0 bridgehead atoms. The van der Waals surface area contributed by atoms with Crippen molar-refractivity contribution >= 4 is 23.1 Å². The Balaban J connectivity index is 2.95. The molecule has 1 N–H and O–H groups in total. The highest BCUT2D eigenvalue weighted by Crippen LogP contribution is 2.32. The van der Waals surface area contributed by atoms with E-state index < -0.39 is 0 Å². The molecule has 0 radical (unpaired) electrons. The lowest BCUT2D eigenvalue weighted by Gasteiger charge is -2.13. The second kappa shape index (κ2) is 7.26. The Hall–Kier alpha value is -1.23. The highest BCUT2D eigenvalue weighted by Gasteiger charge is 2.16. The van der Waals surface area contributed by atoms with Gasteiger partial charge in [0.15, 0.2) is 0 Å². The summed E-state index contributed by atoms with van der Waals surface area (Å²) in [5.41, 5.74) is 1.84. The van der Waals surface area contributed by atoms with Gasteiger partial charge in [0, 0.05) is 23.6 Å². The summed E-state index contributed by atoms with van der Waals surface area (Å²) < 4.78 is 0. The zero-order chi connectivity index (χ0) is 13.5. The van der Waals surface area contributed by atoms with Crippen molar-refractivity contribution in [3.8, 4) is 0 Å². The molecule has 0 heterocycles. The van der Waals surface area contributed by atoms with E-state index in [1.54, 1.807) is 12.1 Å². The monoisotopic (exact) mass is 268 g/mol. The number of nitro benzene ring substituents is 1. The molecule has 1 aromatic rings. The summed E-state index contributed by atoms with van der Waals surface area (Å²) in [7, 11) is 0. The Morgan fingerprint density at radius 3 is 2.72 bits per heavy atom. The molecule has 18 heavy (non-hydrogen) atoms. The van der Waals surface area contributed by atoms with Crippen molar-refractivity contribution in [1.82, 2.24) is 0 Å². The van der Waals surface area contributed by atoms with Crippen LogP contribution in [-0.4, -0.2) is 16.7 Å². The molecule has 1 unspecified atom stereocenters. The number of hydrogen-bond donors (Lipinski definition) is 1. The molecule has 0 fully saturated rings. The Morgan fingerprint density at radius 1 is 1.44 bits per heavy atom. The first-order chi connectivity index (χ1) is 8.60. The average molecular weight is 268 g/mol. The first-order valence-corrected chi connectivity index (χ1v) is 7.26. The molecule has 0 aliphatic rings. The fourth-order valence-electron chi connectivity index (χ4n) is 1.59. The molecule has 0 aliphatic carbocycles. The van der Waals surface area contributed by atoms with Gasteiger partial charge in [-0.15, -0.1) is 0 Å². The minimum atomic E-state index is -0.324. The van der Waals surface area contributed by atoms with Gasteiger partial charge in [-0.25, -0.2) is 0 Å². The van der Waals surface area contributed by atoms with Crippen LogP contribution in [-0.2, 0) is 5.75 Å². The maximum atomic E-state index is 11.0. The van der Waals surface area contributed by atoms with E-state index in [-0.39, 0.29) is 10.6 Å².